The molecular weight excluding hydrogens is 271 g/mol. The molecule has 1 heterocycles. The normalized spacial score (nSPS) is 17.2. The van der Waals surface area contributed by atoms with E-state index < -0.39 is 11.9 Å². The van der Waals surface area contributed by atoms with Gasteiger partial charge in [-0.15, -0.1) is 0 Å². The zero-order valence-corrected chi connectivity index (χ0v) is 12.5. The Balaban J connectivity index is 1.99. The average Bonchev–Trinajstić information content (AvgIpc) is 2.77. The molecule has 2 rings (SSSR count). The van der Waals surface area contributed by atoms with Crippen molar-refractivity contribution in [3.05, 3.63) is 29.6 Å². The van der Waals surface area contributed by atoms with Crippen molar-refractivity contribution in [2.75, 3.05) is 13.1 Å². The zero-order chi connectivity index (χ0) is 15.2. The molecule has 1 unspecified atom stereocenters. The number of ether oxygens (including phenoxy) is 1. The van der Waals surface area contributed by atoms with Gasteiger partial charge in [-0.2, -0.15) is 0 Å². The molecule has 0 saturated carbocycles. The Labute approximate surface area is 125 Å². The summed E-state index contributed by atoms with van der Waals surface area (Å²) in [5, 5.41) is 0. The van der Waals surface area contributed by atoms with Crippen molar-refractivity contribution in [3.63, 3.8) is 0 Å². The van der Waals surface area contributed by atoms with Gasteiger partial charge >= 0.3 is 0 Å². The van der Waals surface area contributed by atoms with Crippen molar-refractivity contribution in [3.8, 4) is 5.75 Å². The van der Waals surface area contributed by atoms with E-state index in [9.17, 15) is 9.18 Å². The SMILES string of the molecule is CC(Oc1ccc(CN)cc1F)C(=O)N1CCCCCC1. The lowest BCUT2D eigenvalue weighted by Crippen LogP contribution is -2.41. The standard InChI is InChI=1S/C16H23FN2O2/c1-12(16(20)19-8-4-2-3-5-9-19)21-15-7-6-13(11-18)10-14(15)17/h6-7,10,12H,2-5,8-9,11,18H2,1H3. The molecule has 1 aromatic carbocycles. The van der Waals surface area contributed by atoms with Crippen LogP contribution in [0.15, 0.2) is 18.2 Å². The third kappa shape index (κ3) is 4.17. The van der Waals surface area contributed by atoms with Crippen LogP contribution in [0, 0.1) is 5.82 Å². The van der Waals surface area contributed by atoms with Gasteiger partial charge in [0.2, 0.25) is 0 Å². The molecule has 21 heavy (non-hydrogen) atoms. The monoisotopic (exact) mass is 294 g/mol. The van der Waals surface area contributed by atoms with Crippen molar-refractivity contribution < 1.29 is 13.9 Å². The number of benzene rings is 1. The number of nitrogens with zero attached hydrogens (tertiary/aromatic N) is 1. The van der Waals surface area contributed by atoms with Crippen molar-refractivity contribution in [1.29, 1.82) is 0 Å². The van der Waals surface area contributed by atoms with Crippen LogP contribution in [0.4, 0.5) is 4.39 Å². The van der Waals surface area contributed by atoms with Gasteiger partial charge in [0, 0.05) is 19.6 Å². The largest absolute Gasteiger partial charge is 0.478 e. The number of hydrogen-bond donors (Lipinski definition) is 1. The lowest BCUT2D eigenvalue weighted by atomic mass is 10.2. The molecule has 0 spiro atoms. The number of rotatable bonds is 4. The van der Waals surface area contributed by atoms with Crippen LogP contribution in [-0.4, -0.2) is 30.0 Å². The average molecular weight is 294 g/mol. The molecule has 1 fully saturated rings. The molecule has 116 valence electrons. The number of nitrogens with two attached hydrogens (primary N) is 1. The predicted octanol–water partition coefficient (Wildman–Crippen LogP) is 2.45. The summed E-state index contributed by atoms with van der Waals surface area (Å²) in [7, 11) is 0. The van der Waals surface area contributed by atoms with Crippen LogP contribution in [0.2, 0.25) is 0 Å². The molecule has 1 aliphatic heterocycles. The number of likely N-dealkylation sites (tertiary alicyclic amines) is 1. The van der Waals surface area contributed by atoms with E-state index in [1.54, 1.807) is 13.0 Å². The first-order valence-corrected chi connectivity index (χ1v) is 7.55. The Morgan fingerprint density at radius 1 is 1.33 bits per heavy atom. The maximum absolute atomic E-state index is 13.9. The summed E-state index contributed by atoms with van der Waals surface area (Å²) in [6, 6.07) is 4.59. The fourth-order valence-corrected chi connectivity index (χ4v) is 2.56. The summed E-state index contributed by atoms with van der Waals surface area (Å²) in [6.07, 6.45) is 3.69. The first-order chi connectivity index (χ1) is 10.1. The van der Waals surface area contributed by atoms with Gasteiger partial charge in [0.1, 0.15) is 0 Å². The minimum absolute atomic E-state index is 0.0702. The quantitative estimate of drug-likeness (QED) is 0.928. The van der Waals surface area contributed by atoms with Crippen molar-refractivity contribution >= 4 is 5.91 Å². The summed E-state index contributed by atoms with van der Waals surface area (Å²) >= 11 is 0. The molecular formula is C16H23FN2O2. The minimum atomic E-state index is -0.679. The topological polar surface area (TPSA) is 55.6 Å². The van der Waals surface area contributed by atoms with E-state index in [1.807, 2.05) is 4.90 Å². The molecule has 5 heteroatoms. The van der Waals surface area contributed by atoms with Gasteiger partial charge in [-0.1, -0.05) is 18.9 Å². The van der Waals surface area contributed by atoms with E-state index in [2.05, 4.69) is 0 Å². The Kier molecular flexibility index (Phi) is 5.56. The van der Waals surface area contributed by atoms with Crippen molar-refractivity contribution in [1.82, 2.24) is 4.90 Å². The van der Waals surface area contributed by atoms with E-state index in [1.165, 1.54) is 12.1 Å². The van der Waals surface area contributed by atoms with Gasteiger partial charge in [0.15, 0.2) is 17.7 Å². The Bertz CT molecular complexity index is 485. The highest BCUT2D eigenvalue weighted by molar-refractivity contribution is 5.80. The molecule has 0 aliphatic carbocycles. The highest BCUT2D eigenvalue weighted by atomic mass is 19.1. The molecule has 0 radical (unpaired) electrons. The Morgan fingerprint density at radius 3 is 2.57 bits per heavy atom. The molecule has 1 aliphatic rings. The Morgan fingerprint density at radius 2 is 2.00 bits per heavy atom. The fourth-order valence-electron chi connectivity index (χ4n) is 2.56. The van der Waals surface area contributed by atoms with E-state index in [-0.39, 0.29) is 18.2 Å². The second kappa shape index (κ2) is 7.41. The second-order valence-electron chi connectivity index (χ2n) is 5.47. The molecule has 2 N–H and O–H groups in total. The van der Waals surface area contributed by atoms with Crippen LogP contribution < -0.4 is 10.5 Å². The van der Waals surface area contributed by atoms with Gasteiger partial charge in [-0.25, -0.2) is 4.39 Å². The fraction of sp³-hybridized carbons (Fsp3) is 0.562. The summed E-state index contributed by atoms with van der Waals surface area (Å²) in [5.74, 6) is -0.449. The van der Waals surface area contributed by atoms with Crippen molar-refractivity contribution in [2.24, 2.45) is 5.73 Å². The number of hydrogen-bond acceptors (Lipinski definition) is 3. The molecule has 1 amide bonds. The minimum Gasteiger partial charge on any atom is -0.478 e. The van der Waals surface area contributed by atoms with Gasteiger partial charge in [0.25, 0.3) is 5.91 Å². The van der Waals surface area contributed by atoms with E-state index >= 15 is 0 Å². The Hall–Kier alpha value is -1.62. The predicted molar refractivity (Wildman–Crippen MR) is 79.4 cm³/mol. The molecule has 0 bridgehead atoms. The van der Waals surface area contributed by atoms with Gasteiger partial charge in [-0.3, -0.25) is 4.79 Å². The third-order valence-corrected chi connectivity index (χ3v) is 3.80. The van der Waals surface area contributed by atoms with E-state index in [0.29, 0.717) is 5.56 Å². The van der Waals surface area contributed by atoms with Crippen LogP contribution in [-0.2, 0) is 11.3 Å². The maximum Gasteiger partial charge on any atom is 0.263 e. The smallest absolute Gasteiger partial charge is 0.263 e. The zero-order valence-electron chi connectivity index (χ0n) is 12.5. The lowest BCUT2D eigenvalue weighted by Gasteiger charge is -2.24. The van der Waals surface area contributed by atoms with E-state index in [0.717, 1.165) is 38.8 Å². The van der Waals surface area contributed by atoms with Crippen LogP contribution in [0.1, 0.15) is 38.2 Å². The second-order valence-corrected chi connectivity index (χ2v) is 5.47. The number of carbonyl (C=O) groups excluding carboxylic acids is 1. The van der Waals surface area contributed by atoms with Gasteiger partial charge in [-0.05, 0) is 37.5 Å². The van der Waals surface area contributed by atoms with Gasteiger partial charge in [0.05, 0.1) is 0 Å². The van der Waals surface area contributed by atoms with Crippen molar-refractivity contribution in [2.45, 2.75) is 45.3 Å². The van der Waals surface area contributed by atoms with E-state index in [4.69, 9.17) is 10.5 Å². The highest BCUT2D eigenvalue weighted by Gasteiger charge is 2.23. The molecule has 1 atom stereocenters. The molecule has 4 nitrogen and oxygen atoms in total. The first-order valence-electron chi connectivity index (χ1n) is 7.55. The maximum atomic E-state index is 13.9. The molecule has 1 saturated heterocycles. The third-order valence-electron chi connectivity index (χ3n) is 3.80. The number of amides is 1. The summed E-state index contributed by atoms with van der Waals surface area (Å²) < 4.78 is 19.4. The number of halogens is 1. The highest BCUT2D eigenvalue weighted by Crippen LogP contribution is 2.20. The number of carbonyl (C=O) groups is 1. The summed E-state index contributed by atoms with van der Waals surface area (Å²) in [4.78, 5) is 14.2. The van der Waals surface area contributed by atoms with Crippen LogP contribution in [0.5, 0.6) is 5.75 Å². The molecule has 0 aromatic heterocycles. The van der Waals surface area contributed by atoms with Crippen LogP contribution >= 0.6 is 0 Å². The first kappa shape index (κ1) is 15.8. The summed E-state index contributed by atoms with van der Waals surface area (Å²) in [6.45, 7) is 3.48. The molecule has 1 aromatic rings. The van der Waals surface area contributed by atoms with Crippen LogP contribution in [0.25, 0.3) is 0 Å². The van der Waals surface area contributed by atoms with Gasteiger partial charge < -0.3 is 15.4 Å². The summed E-state index contributed by atoms with van der Waals surface area (Å²) in [5.41, 5.74) is 6.16. The van der Waals surface area contributed by atoms with Crippen LogP contribution in [0.3, 0.4) is 0 Å². The lowest BCUT2D eigenvalue weighted by molar-refractivity contribution is -0.137.